The van der Waals surface area contributed by atoms with Gasteiger partial charge in [0.2, 0.25) is 0 Å². The summed E-state index contributed by atoms with van der Waals surface area (Å²) in [5, 5.41) is 2.59. The van der Waals surface area contributed by atoms with Gasteiger partial charge < -0.3 is 10.1 Å². The number of nitrogens with one attached hydrogen (secondary N) is 1. The highest BCUT2D eigenvalue weighted by molar-refractivity contribution is 5.97. The van der Waals surface area contributed by atoms with E-state index in [1.165, 1.54) is 18.2 Å². The Hall–Kier alpha value is -1.72. The van der Waals surface area contributed by atoms with E-state index in [9.17, 15) is 18.0 Å². The third kappa shape index (κ3) is 4.27. The molecule has 1 amide bonds. The largest absolute Gasteiger partial charge is 0.573 e. The van der Waals surface area contributed by atoms with Crippen molar-refractivity contribution in [3.8, 4) is 5.75 Å². The lowest BCUT2D eigenvalue weighted by Crippen LogP contribution is -2.32. The second-order valence-corrected chi connectivity index (χ2v) is 3.83. The third-order valence-corrected chi connectivity index (χ3v) is 2.35. The Kier molecular flexibility index (Phi) is 4.58. The number of hydrogen-bond donors (Lipinski definition) is 1. The quantitative estimate of drug-likeness (QED) is 0.904. The Labute approximate surface area is 103 Å². The zero-order chi connectivity index (χ0) is 13.8. The van der Waals surface area contributed by atoms with Crippen LogP contribution in [0.15, 0.2) is 24.3 Å². The summed E-state index contributed by atoms with van der Waals surface area (Å²) >= 11 is 0. The second-order valence-electron chi connectivity index (χ2n) is 3.83. The molecule has 0 radical (unpaired) electrons. The summed E-state index contributed by atoms with van der Waals surface area (Å²) in [6, 6.07) is 5.14. The first-order valence-corrected chi connectivity index (χ1v) is 5.49. The molecule has 0 saturated carbocycles. The number of para-hydroxylation sites is 1. The molecule has 0 saturated heterocycles. The normalized spacial score (nSPS) is 12.9. The van der Waals surface area contributed by atoms with Gasteiger partial charge in [-0.1, -0.05) is 19.1 Å². The molecule has 1 atom stereocenters. The van der Waals surface area contributed by atoms with Crippen LogP contribution in [0.4, 0.5) is 13.2 Å². The summed E-state index contributed by atoms with van der Waals surface area (Å²) in [5.41, 5.74) is -0.130. The van der Waals surface area contributed by atoms with Gasteiger partial charge in [-0.15, -0.1) is 13.2 Å². The number of carbonyl (C=O) groups excluding carboxylic acids is 1. The van der Waals surface area contributed by atoms with Gasteiger partial charge in [-0.3, -0.25) is 4.79 Å². The molecule has 0 aromatic heterocycles. The molecule has 1 aromatic rings. The molecule has 18 heavy (non-hydrogen) atoms. The molecule has 0 fully saturated rings. The molecule has 3 nitrogen and oxygen atoms in total. The minimum absolute atomic E-state index is 0.114. The van der Waals surface area contributed by atoms with Gasteiger partial charge in [0.1, 0.15) is 5.75 Å². The molecule has 1 aromatic carbocycles. The Morgan fingerprint density at radius 2 is 2.00 bits per heavy atom. The van der Waals surface area contributed by atoms with Crippen LogP contribution < -0.4 is 10.1 Å². The van der Waals surface area contributed by atoms with Crippen molar-refractivity contribution in [2.45, 2.75) is 32.7 Å². The Bertz CT molecular complexity index is 418. The predicted molar refractivity (Wildman–Crippen MR) is 60.3 cm³/mol. The molecule has 0 aliphatic carbocycles. The first kappa shape index (κ1) is 14.3. The van der Waals surface area contributed by atoms with Crippen molar-refractivity contribution in [1.29, 1.82) is 0 Å². The summed E-state index contributed by atoms with van der Waals surface area (Å²) in [6.45, 7) is 3.63. The number of benzene rings is 1. The highest BCUT2D eigenvalue weighted by atomic mass is 19.4. The van der Waals surface area contributed by atoms with E-state index < -0.39 is 18.0 Å². The molecule has 0 spiro atoms. The molecule has 0 aliphatic rings. The van der Waals surface area contributed by atoms with E-state index in [0.717, 1.165) is 6.07 Å². The molecular formula is C12H14F3NO2. The van der Waals surface area contributed by atoms with Gasteiger partial charge in [0.05, 0.1) is 5.56 Å². The summed E-state index contributed by atoms with van der Waals surface area (Å²) in [5.74, 6) is -1.07. The van der Waals surface area contributed by atoms with E-state index in [2.05, 4.69) is 10.1 Å². The van der Waals surface area contributed by atoms with Crippen LogP contribution in [0.5, 0.6) is 5.75 Å². The van der Waals surface area contributed by atoms with Crippen LogP contribution in [0.2, 0.25) is 0 Å². The van der Waals surface area contributed by atoms with Crippen LogP contribution in [-0.4, -0.2) is 18.3 Å². The summed E-state index contributed by atoms with van der Waals surface area (Å²) in [7, 11) is 0. The van der Waals surface area contributed by atoms with Crippen LogP contribution in [0.25, 0.3) is 0 Å². The zero-order valence-corrected chi connectivity index (χ0v) is 10.0. The first-order valence-electron chi connectivity index (χ1n) is 5.49. The van der Waals surface area contributed by atoms with E-state index in [-0.39, 0.29) is 11.6 Å². The van der Waals surface area contributed by atoms with E-state index >= 15 is 0 Å². The van der Waals surface area contributed by atoms with E-state index in [0.29, 0.717) is 6.42 Å². The minimum Gasteiger partial charge on any atom is -0.405 e. The number of hydrogen-bond acceptors (Lipinski definition) is 2. The van der Waals surface area contributed by atoms with Crippen LogP contribution in [0.1, 0.15) is 30.6 Å². The van der Waals surface area contributed by atoms with Crippen molar-refractivity contribution in [2.24, 2.45) is 0 Å². The van der Waals surface area contributed by atoms with Gasteiger partial charge in [0.25, 0.3) is 5.91 Å². The topological polar surface area (TPSA) is 38.3 Å². The van der Waals surface area contributed by atoms with E-state index in [1.807, 2.05) is 6.92 Å². The minimum atomic E-state index is -4.81. The van der Waals surface area contributed by atoms with Gasteiger partial charge in [-0.25, -0.2) is 0 Å². The van der Waals surface area contributed by atoms with Crippen LogP contribution in [-0.2, 0) is 0 Å². The lowest BCUT2D eigenvalue weighted by molar-refractivity contribution is -0.274. The second kappa shape index (κ2) is 5.75. The summed E-state index contributed by atoms with van der Waals surface area (Å²) in [4.78, 5) is 11.8. The van der Waals surface area contributed by atoms with Gasteiger partial charge in [-0.2, -0.15) is 0 Å². The van der Waals surface area contributed by atoms with Gasteiger partial charge in [-0.05, 0) is 25.5 Å². The Balaban J connectivity index is 2.91. The Morgan fingerprint density at radius 3 is 2.56 bits per heavy atom. The number of ether oxygens (including phenoxy) is 1. The van der Waals surface area contributed by atoms with E-state index in [1.54, 1.807) is 6.92 Å². The highest BCUT2D eigenvalue weighted by Gasteiger charge is 2.32. The van der Waals surface area contributed by atoms with Crippen molar-refractivity contribution in [3.05, 3.63) is 29.8 Å². The SMILES string of the molecule is CCC(C)NC(=O)c1ccccc1OC(F)(F)F. The maximum Gasteiger partial charge on any atom is 0.573 e. The number of carbonyl (C=O) groups is 1. The summed E-state index contributed by atoms with van der Waals surface area (Å²) in [6.07, 6.45) is -4.12. The molecule has 0 aliphatic heterocycles. The molecular weight excluding hydrogens is 247 g/mol. The van der Waals surface area contributed by atoms with Crippen molar-refractivity contribution in [3.63, 3.8) is 0 Å². The number of alkyl halides is 3. The fourth-order valence-corrected chi connectivity index (χ4v) is 1.27. The van der Waals surface area contributed by atoms with E-state index in [4.69, 9.17) is 0 Å². The smallest absolute Gasteiger partial charge is 0.405 e. The third-order valence-electron chi connectivity index (χ3n) is 2.35. The van der Waals surface area contributed by atoms with Crippen LogP contribution >= 0.6 is 0 Å². The summed E-state index contributed by atoms with van der Waals surface area (Å²) < 4.78 is 40.3. The number of amides is 1. The average Bonchev–Trinajstić information content (AvgIpc) is 2.27. The fourth-order valence-electron chi connectivity index (χ4n) is 1.27. The molecule has 0 heterocycles. The van der Waals surface area contributed by atoms with Crippen molar-refractivity contribution < 1.29 is 22.7 Å². The molecule has 100 valence electrons. The van der Waals surface area contributed by atoms with Crippen LogP contribution in [0, 0.1) is 0 Å². The lowest BCUT2D eigenvalue weighted by Gasteiger charge is -2.15. The maximum atomic E-state index is 12.2. The van der Waals surface area contributed by atoms with Crippen molar-refractivity contribution >= 4 is 5.91 Å². The first-order chi connectivity index (χ1) is 8.33. The average molecular weight is 261 g/mol. The molecule has 1 rings (SSSR count). The Morgan fingerprint density at radius 1 is 1.39 bits per heavy atom. The fraction of sp³-hybridized carbons (Fsp3) is 0.417. The van der Waals surface area contributed by atoms with Crippen molar-refractivity contribution in [1.82, 2.24) is 5.32 Å². The van der Waals surface area contributed by atoms with Gasteiger partial charge in [0.15, 0.2) is 0 Å². The number of rotatable bonds is 4. The highest BCUT2D eigenvalue weighted by Crippen LogP contribution is 2.26. The molecule has 1 unspecified atom stereocenters. The maximum absolute atomic E-state index is 12.2. The van der Waals surface area contributed by atoms with Crippen LogP contribution in [0.3, 0.4) is 0 Å². The zero-order valence-electron chi connectivity index (χ0n) is 10.0. The number of halogens is 3. The molecule has 6 heteroatoms. The monoisotopic (exact) mass is 261 g/mol. The predicted octanol–water partition coefficient (Wildman–Crippen LogP) is 3.11. The lowest BCUT2D eigenvalue weighted by atomic mass is 10.1. The van der Waals surface area contributed by atoms with Crippen molar-refractivity contribution in [2.75, 3.05) is 0 Å². The molecule has 1 N–H and O–H groups in total. The standard InChI is InChI=1S/C12H14F3NO2/c1-3-8(2)16-11(17)9-6-4-5-7-10(9)18-12(13,14)15/h4-8H,3H2,1-2H3,(H,16,17). The van der Waals surface area contributed by atoms with Gasteiger partial charge >= 0.3 is 6.36 Å². The van der Waals surface area contributed by atoms with Gasteiger partial charge in [0, 0.05) is 6.04 Å². The molecule has 0 bridgehead atoms.